The third kappa shape index (κ3) is 1.34. The Kier molecular flexibility index (Phi) is 2.35. The van der Waals surface area contributed by atoms with Gasteiger partial charge in [-0.15, -0.1) is 0 Å². The molecule has 5 nitrogen and oxygen atoms in total. The molecule has 0 saturated heterocycles. The molecular weight excluding hydrogens is 270 g/mol. The number of hydrogen-bond donors (Lipinski definition) is 0. The van der Waals surface area contributed by atoms with E-state index < -0.39 is 20.9 Å². The van der Waals surface area contributed by atoms with Gasteiger partial charge < -0.3 is 0 Å². The van der Waals surface area contributed by atoms with E-state index in [0.717, 1.165) is 0 Å². The van der Waals surface area contributed by atoms with Gasteiger partial charge in [-0.3, -0.25) is 10.1 Å². The van der Waals surface area contributed by atoms with E-state index in [2.05, 4.69) is 42.1 Å². The fourth-order valence-electron chi connectivity index (χ4n) is 0.596. The number of nitro groups is 1. The summed E-state index contributed by atoms with van der Waals surface area (Å²) in [4.78, 5) is 8.86. The monoisotopic (exact) mass is 271 g/mol. The van der Waals surface area contributed by atoms with Crippen molar-refractivity contribution in [2.45, 2.75) is 15.9 Å². The molecule has 0 saturated carbocycles. The average Bonchev–Trinajstić information content (AvgIpc) is 2.11. The molecule has 1 aliphatic rings. The van der Waals surface area contributed by atoms with Crippen LogP contribution in [0.3, 0.4) is 0 Å². The Balaban J connectivity index is 2.69. The third-order valence-corrected chi connectivity index (χ3v) is 2.54. The molecule has 0 aromatic carbocycles. The lowest BCUT2D eigenvalue weighted by Crippen LogP contribution is -2.31. The first-order valence-electron chi connectivity index (χ1n) is 2.44. The molecule has 0 aromatic rings. The van der Waals surface area contributed by atoms with Gasteiger partial charge in [0, 0.05) is 4.92 Å². The van der Waals surface area contributed by atoms with Crippen LogP contribution in [0.4, 0.5) is 0 Å². The van der Waals surface area contributed by atoms with E-state index in [9.17, 15) is 10.1 Å². The second-order valence-electron chi connectivity index (χ2n) is 1.75. The van der Waals surface area contributed by atoms with E-state index >= 15 is 0 Å². The highest BCUT2D eigenvalue weighted by Gasteiger charge is 2.41. The Labute approximate surface area is 73.3 Å². The lowest BCUT2D eigenvalue weighted by molar-refractivity contribution is -0.517. The summed E-state index contributed by atoms with van der Waals surface area (Å²) in [6, 6.07) is -0.778. The number of alkyl halides is 2. The Hall–Kier alpha value is -0.0400. The molecule has 0 aliphatic carbocycles. The first-order valence-corrected chi connectivity index (χ1v) is 4.27. The molecule has 0 amide bonds. The summed E-state index contributed by atoms with van der Waals surface area (Å²) < 4.78 is 0. The molecule has 0 radical (unpaired) electrons. The van der Waals surface area contributed by atoms with Crippen LogP contribution in [0.2, 0.25) is 0 Å². The highest BCUT2D eigenvalue weighted by molar-refractivity contribution is 9.10. The zero-order chi connectivity index (χ0) is 7.72. The van der Waals surface area contributed by atoms with Crippen LogP contribution in [0.5, 0.6) is 0 Å². The molecule has 1 aliphatic heterocycles. The summed E-state index contributed by atoms with van der Waals surface area (Å²) in [5.74, 6) is 0. The quantitative estimate of drug-likeness (QED) is 0.314. The van der Waals surface area contributed by atoms with Crippen molar-refractivity contribution >= 4 is 31.9 Å². The Morgan fingerprint density at radius 3 is 1.90 bits per heavy atom. The van der Waals surface area contributed by atoms with Gasteiger partial charge >= 0.3 is 0 Å². The molecule has 0 N–H and O–H groups in total. The van der Waals surface area contributed by atoms with Crippen LogP contribution in [-0.4, -0.2) is 20.9 Å². The van der Waals surface area contributed by atoms with E-state index in [1.807, 2.05) is 0 Å². The first-order chi connectivity index (χ1) is 4.63. The van der Waals surface area contributed by atoms with Crippen molar-refractivity contribution in [3.8, 4) is 0 Å². The molecule has 7 heteroatoms. The third-order valence-electron chi connectivity index (χ3n) is 1.09. The molecule has 0 spiro atoms. The van der Waals surface area contributed by atoms with Gasteiger partial charge in [0.15, 0.2) is 9.90 Å². The van der Waals surface area contributed by atoms with Crippen molar-refractivity contribution in [2.75, 3.05) is 0 Å². The second kappa shape index (κ2) is 2.91. The predicted octanol–water partition coefficient (Wildman–Crippen LogP) is 1.54. The van der Waals surface area contributed by atoms with Crippen LogP contribution < -0.4 is 0 Å². The number of rotatable bonds is 1. The van der Waals surface area contributed by atoms with E-state index in [4.69, 9.17) is 0 Å². The Bertz CT molecular complexity index is 173. The van der Waals surface area contributed by atoms with Gasteiger partial charge in [0.1, 0.15) is 0 Å². The topological polar surface area (TPSA) is 67.9 Å². The minimum Gasteiger partial charge on any atom is -0.264 e. The van der Waals surface area contributed by atoms with E-state index in [1.54, 1.807) is 0 Å². The minimum atomic E-state index is -0.778. The average molecular weight is 273 g/mol. The minimum absolute atomic E-state index is 0.404. The maximum Gasteiger partial charge on any atom is 0.280 e. The summed E-state index contributed by atoms with van der Waals surface area (Å²) in [5, 5.41) is 17.4. The molecule has 1 rings (SSSR count). The molecule has 10 heavy (non-hydrogen) atoms. The normalized spacial score (nSPS) is 38.4. The zero-order valence-electron chi connectivity index (χ0n) is 4.65. The SMILES string of the molecule is O=[N+]([O-])C1C(Br)N=NC1Br. The fraction of sp³-hybridized carbons (Fsp3) is 1.00. The summed E-state index contributed by atoms with van der Waals surface area (Å²) in [5.41, 5.74) is 0. The van der Waals surface area contributed by atoms with E-state index in [0.29, 0.717) is 0 Å². The molecule has 0 bridgehead atoms. The zero-order valence-corrected chi connectivity index (χ0v) is 7.82. The van der Waals surface area contributed by atoms with Crippen molar-refractivity contribution in [1.82, 2.24) is 0 Å². The molecular formula is C3H3Br2N3O2. The van der Waals surface area contributed by atoms with Crippen LogP contribution in [0, 0.1) is 10.1 Å². The van der Waals surface area contributed by atoms with Crippen molar-refractivity contribution in [1.29, 1.82) is 0 Å². The van der Waals surface area contributed by atoms with E-state index in [1.165, 1.54) is 0 Å². The summed E-state index contributed by atoms with van der Waals surface area (Å²) in [6.45, 7) is 0. The Morgan fingerprint density at radius 1 is 1.30 bits per heavy atom. The maximum atomic E-state index is 10.2. The predicted molar refractivity (Wildman–Crippen MR) is 41.1 cm³/mol. The number of hydrogen-bond acceptors (Lipinski definition) is 4. The molecule has 56 valence electrons. The smallest absolute Gasteiger partial charge is 0.264 e. The number of nitrogens with zero attached hydrogens (tertiary/aromatic N) is 3. The number of azo groups is 1. The van der Waals surface area contributed by atoms with Crippen LogP contribution in [0.1, 0.15) is 0 Å². The van der Waals surface area contributed by atoms with Crippen LogP contribution in [0.25, 0.3) is 0 Å². The van der Waals surface area contributed by atoms with Gasteiger partial charge in [-0.05, 0) is 0 Å². The highest BCUT2D eigenvalue weighted by Crippen LogP contribution is 2.27. The van der Waals surface area contributed by atoms with Gasteiger partial charge in [-0.2, -0.15) is 10.2 Å². The van der Waals surface area contributed by atoms with Crippen molar-refractivity contribution in [3.05, 3.63) is 10.1 Å². The van der Waals surface area contributed by atoms with Gasteiger partial charge in [0.25, 0.3) is 6.04 Å². The van der Waals surface area contributed by atoms with Crippen molar-refractivity contribution in [3.63, 3.8) is 0 Å². The highest BCUT2D eigenvalue weighted by atomic mass is 79.9. The lowest BCUT2D eigenvalue weighted by atomic mass is 10.3. The lowest BCUT2D eigenvalue weighted by Gasteiger charge is -2.03. The van der Waals surface area contributed by atoms with Crippen molar-refractivity contribution < 1.29 is 4.92 Å². The van der Waals surface area contributed by atoms with Crippen LogP contribution in [0.15, 0.2) is 10.2 Å². The summed E-state index contributed by atoms with van der Waals surface area (Å²) in [6.07, 6.45) is 0. The van der Waals surface area contributed by atoms with Gasteiger partial charge in [0.05, 0.1) is 0 Å². The standard InChI is InChI=1S/C3H3Br2N3O2/c4-2-1(8(9)10)3(5)7-6-2/h1-3H. The fourth-order valence-corrected chi connectivity index (χ4v) is 2.18. The van der Waals surface area contributed by atoms with Gasteiger partial charge in [0.2, 0.25) is 0 Å². The molecule has 0 aromatic heterocycles. The van der Waals surface area contributed by atoms with Crippen LogP contribution >= 0.6 is 31.9 Å². The summed E-state index contributed by atoms with van der Waals surface area (Å²) in [7, 11) is 0. The molecule has 2 unspecified atom stereocenters. The molecule has 0 fully saturated rings. The number of halogens is 2. The van der Waals surface area contributed by atoms with Crippen LogP contribution in [-0.2, 0) is 0 Å². The van der Waals surface area contributed by atoms with Crippen molar-refractivity contribution in [2.24, 2.45) is 10.2 Å². The second-order valence-corrected chi connectivity index (χ2v) is 3.63. The molecule has 2 atom stereocenters. The first kappa shape index (κ1) is 8.06. The maximum absolute atomic E-state index is 10.2. The molecule has 1 heterocycles. The largest absolute Gasteiger partial charge is 0.280 e. The summed E-state index contributed by atoms with van der Waals surface area (Å²) >= 11 is 6.03. The van der Waals surface area contributed by atoms with Gasteiger partial charge in [-0.1, -0.05) is 31.9 Å². The van der Waals surface area contributed by atoms with Gasteiger partial charge in [-0.25, -0.2) is 0 Å². The Morgan fingerprint density at radius 2 is 1.70 bits per heavy atom. The van der Waals surface area contributed by atoms with E-state index in [-0.39, 0.29) is 0 Å².